The molecule has 0 fully saturated rings. The topological polar surface area (TPSA) is 26.0 Å². The maximum atomic E-state index is 5.56. The highest BCUT2D eigenvalue weighted by Crippen LogP contribution is 2.09. The predicted molar refractivity (Wildman–Crippen MR) is 39.2 cm³/mol. The minimum absolute atomic E-state index is 0.820. The summed E-state index contributed by atoms with van der Waals surface area (Å²) >= 11 is 0. The molecule has 0 amide bonds. The molecule has 1 aromatic carbocycles. The maximum Gasteiger partial charge on any atom is 0.0350 e. The third-order valence-corrected chi connectivity index (χ3v) is 1.33. The second kappa shape index (κ2) is 2.09. The van der Waals surface area contributed by atoms with Crippen LogP contribution >= 0.6 is 0 Å². The first-order valence-corrected chi connectivity index (χ1v) is 2.95. The molecule has 47 valence electrons. The van der Waals surface area contributed by atoms with Crippen molar-refractivity contribution >= 4 is 5.69 Å². The summed E-state index contributed by atoms with van der Waals surface area (Å²) in [5.74, 6) is 0. The Hall–Kier alpha value is -0.980. The molecule has 2 N–H and O–H groups in total. The van der Waals surface area contributed by atoms with Gasteiger partial charge in [0.25, 0.3) is 0 Å². The minimum atomic E-state index is 0.820. The van der Waals surface area contributed by atoms with Crippen molar-refractivity contribution in [2.45, 2.75) is 13.8 Å². The monoisotopic (exact) mass is 120 g/mol. The molecule has 0 atom stereocenters. The van der Waals surface area contributed by atoms with Gasteiger partial charge >= 0.3 is 0 Å². The van der Waals surface area contributed by atoms with Crippen LogP contribution in [-0.4, -0.2) is 0 Å². The smallest absolute Gasteiger partial charge is 0.0350 e. The second-order valence-electron chi connectivity index (χ2n) is 2.22. The normalized spacial score (nSPS) is 9.56. The Morgan fingerprint density at radius 3 is 2.44 bits per heavy atom. The van der Waals surface area contributed by atoms with Crippen molar-refractivity contribution in [1.82, 2.24) is 0 Å². The third-order valence-electron chi connectivity index (χ3n) is 1.33. The van der Waals surface area contributed by atoms with Gasteiger partial charge in [0.15, 0.2) is 0 Å². The average Bonchev–Trinajstić information content (AvgIpc) is 1.80. The molecule has 1 aromatic rings. The van der Waals surface area contributed by atoms with Gasteiger partial charge in [0.2, 0.25) is 0 Å². The van der Waals surface area contributed by atoms with Crippen LogP contribution < -0.4 is 5.73 Å². The number of nitrogens with two attached hydrogens (primary N) is 1. The lowest BCUT2D eigenvalue weighted by molar-refractivity contribution is 1.37. The van der Waals surface area contributed by atoms with E-state index in [9.17, 15) is 0 Å². The standard InChI is InChI=1S/C8H10N/c1-6-3-4-8(9)7(2)5-6/h3-4H,9H2,1-2H3. The molecular weight excluding hydrogens is 110 g/mol. The van der Waals surface area contributed by atoms with E-state index in [1.54, 1.807) is 0 Å². The quantitative estimate of drug-likeness (QED) is 0.518. The number of hydrogen-bond donors (Lipinski definition) is 1. The summed E-state index contributed by atoms with van der Waals surface area (Å²) in [4.78, 5) is 0. The molecule has 0 bridgehead atoms. The lowest BCUT2D eigenvalue weighted by atomic mass is 10.1. The van der Waals surface area contributed by atoms with E-state index < -0.39 is 0 Å². The first kappa shape index (κ1) is 6.14. The lowest BCUT2D eigenvalue weighted by Gasteiger charge is -1.97. The van der Waals surface area contributed by atoms with Crippen molar-refractivity contribution in [2.75, 3.05) is 5.73 Å². The Labute approximate surface area is 55.5 Å². The fourth-order valence-corrected chi connectivity index (χ4v) is 0.749. The Morgan fingerprint density at radius 2 is 2.00 bits per heavy atom. The fraction of sp³-hybridized carbons (Fsp3) is 0.250. The minimum Gasteiger partial charge on any atom is -0.398 e. The van der Waals surface area contributed by atoms with E-state index in [1.807, 2.05) is 26.0 Å². The van der Waals surface area contributed by atoms with Crippen LogP contribution in [-0.2, 0) is 0 Å². The Balaban J connectivity index is 3.17. The molecule has 9 heavy (non-hydrogen) atoms. The van der Waals surface area contributed by atoms with Crippen LogP contribution in [0.15, 0.2) is 12.1 Å². The van der Waals surface area contributed by atoms with E-state index in [2.05, 4.69) is 6.07 Å². The summed E-state index contributed by atoms with van der Waals surface area (Å²) in [6.45, 7) is 3.97. The summed E-state index contributed by atoms with van der Waals surface area (Å²) in [7, 11) is 0. The van der Waals surface area contributed by atoms with Crippen LogP contribution in [0.4, 0.5) is 5.69 Å². The zero-order chi connectivity index (χ0) is 6.85. The Bertz CT molecular complexity index is 216. The third kappa shape index (κ3) is 1.22. The van der Waals surface area contributed by atoms with Crippen molar-refractivity contribution in [3.05, 3.63) is 29.3 Å². The van der Waals surface area contributed by atoms with Crippen molar-refractivity contribution < 1.29 is 0 Å². The number of benzene rings is 1. The van der Waals surface area contributed by atoms with Gasteiger partial charge in [0.05, 0.1) is 0 Å². The van der Waals surface area contributed by atoms with Gasteiger partial charge in [0, 0.05) is 5.69 Å². The Kier molecular flexibility index (Phi) is 1.43. The van der Waals surface area contributed by atoms with Crippen molar-refractivity contribution in [2.24, 2.45) is 0 Å². The molecule has 0 heterocycles. The van der Waals surface area contributed by atoms with Gasteiger partial charge in [-0.15, -0.1) is 0 Å². The van der Waals surface area contributed by atoms with E-state index in [-0.39, 0.29) is 0 Å². The molecule has 0 saturated heterocycles. The van der Waals surface area contributed by atoms with Crippen molar-refractivity contribution in [3.8, 4) is 0 Å². The molecule has 0 unspecified atom stereocenters. The number of nitrogen functional groups attached to an aromatic ring is 1. The molecule has 0 aliphatic heterocycles. The van der Waals surface area contributed by atoms with Gasteiger partial charge in [-0.1, -0.05) is 6.07 Å². The highest BCUT2D eigenvalue weighted by molar-refractivity contribution is 5.46. The molecule has 0 aromatic heterocycles. The van der Waals surface area contributed by atoms with Crippen LogP contribution in [0.2, 0.25) is 0 Å². The van der Waals surface area contributed by atoms with Gasteiger partial charge in [-0.3, -0.25) is 0 Å². The summed E-state index contributed by atoms with van der Waals surface area (Å²) in [5.41, 5.74) is 8.55. The first-order valence-electron chi connectivity index (χ1n) is 2.95. The number of rotatable bonds is 0. The van der Waals surface area contributed by atoms with Gasteiger partial charge in [-0.25, -0.2) is 0 Å². The zero-order valence-electron chi connectivity index (χ0n) is 5.73. The highest BCUT2D eigenvalue weighted by atomic mass is 14.5. The van der Waals surface area contributed by atoms with Crippen molar-refractivity contribution in [3.63, 3.8) is 0 Å². The van der Waals surface area contributed by atoms with Gasteiger partial charge in [-0.2, -0.15) is 0 Å². The molecule has 1 nitrogen and oxygen atoms in total. The molecule has 1 radical (unpaired) electrons. The van der Waals surface area contributed by atoms with Gasteiger partial charge < -0.3 is 5.73 Å². The fourth-order valence-electron chi connectivity index (χ4n) is 0.749. The molecule has 0 saturated carbocycles. The summed E-state index contributed by atoms with van der Waals surface area (Å²) in [6.07, 6.45) is 0. The maximum absolute atomic E-state index is 5.56. The lowest BCUT2D eigenvalue weighted by Crippen LogP contribution is -1.88. The van der Waals surface area contributed by atoms with E-state index >= 15 is 0 Å². The van der Waals surface area contributed by atoms with Crippen LogP contribution in [0.1, 0.15) is 11.1 Å². The first-order chi connectivity index (χ1) is 4.20. The predicted octanol–water partition coefficient (Wildman–Crippen LogP) is 1.69. The van der Waals surface area contributed by atoms with E-state index in [0.29, 0.717) is 0 Å². The molecule has 0 aliphatic rings. The zero-order valence-corrected chi connectivity index (χ0v) is 5.73. The van der Waals surface area contributed by atoms with Gasteiger partial charge in [0.1, 0.15) is 0 Å². The summed E-state index contributed by atoms with van der Waals surface area (Å²) in [5, 5.41) is 0. The second-order valence-corrected chi connectivity index (χ2v) is 2.22. The number of anilines is 1. The van der Waals surface area contributed by atoms with Crippen molar-refractivity contribution in [1.29, 1.82) is 0 Å². The molecule has 1 heteroatoms. The molecule has 1 rings (SSSR count). The Morgan fingerprint density at radius 1 is 1.33 bits per heavy atom. The molecule has 0 aliphatic carbocycles. The average molecular weight is 120 g/mol. The van der Waals surface area contributed by atoms with E-state index in [4.69, 9.17) is 5.73 Å². The summed E-state index contributed by atoms with van der Waals surface area (Å²) < 4.78 is 0. The largest absolute Gasteiger partial charge is 0.398 e. The summed E-state index contributed by atoms with van der Waals surface area (Å²) in [6, 6.07) is 6.98. The van der Waals surface area contributed by atoms with Crippen LogP contribution in [0.3, 0.4) is 0 Å². The van der Waals surface area contributed by atoms with Gasteiger partial charge in [-0.05, 0) is 37.1 Å². The molecule has 0 spiro atoms. The van der Waals surface area contributed by atoms with Crippen LogP contribution in [0.25, 0.3) is 0 Å². The van der Waals surface area contributed by atoms with E-state index in [0.717, 1.165) is 16.8 Å². The number of aryl methyl sites for hydroxylation is 2. The van der Waals surface area contributed by atoms with Crippen LogP contribution in [0, 0.1) is 19.9 Å². The SMILES string of the molecule is Cc1[c]c(C)c(N)cc1. The number of hydrogen-bond acceptors (Lipinski definition) is 1. The molecular formula is C8H10N. The highest BCUT2D eigenvalue weighted by Gasteiger charge is 1.90. The van der Waals surface area contributed by atoms with E-state index in [1.165, 1.54) is 0 Å². The van der Waals surface area contributed by atoms with Crippen LogP contribution in [0.5, 0.6) is 0 Å².